The van der Waals surface area contributed by atoms with Crippen LogP contribution in [0, 0.1) is 17.8 Å². The van der Waals surface area contributed by atoms with Crippen molar-refractivity contribution in [3.05, 3.63) is 59.7 Å². The maximum absolute atomic E-state index is 12.9. The van der Waals surface area contributed by atoms with Crippen LogP contribution in [-0.2, 0) is 11.0 Å². The lowest BCUT2D eigenvalue weighted by Crippen LogP contribution is -2.40. The Balaban J connectivity index is 1.34. The summed E-state index contributed by atoms with van der Waals surface area (Å²) in [6.45, 7) is 1.59. The van der Waals surface area contributed by atoms with Crippen LogP contribution in [0.1, 0.15) is 48.5 Å². The third-order valence-electron chi connectivity index (χ3n) is 6.76. The molecule has 0 saturated heterocycles. The zero-order valence-electron chi connectivity index (χ0n) is 18.3. The summed E-state index contributed by atoms with van der Waals surface area (Å²) in [7, 11) is 0. The molecule has 5 nitrogen and oxygen atoms in total. The summed E-state index contributed by atoms with van der Waals surface area (Å²) in [6, 6.07) is 11.0. The van der Waals surface area contributed by atoms with Crippen LogP contribution in [0.5, 0.6) is 5.75 Å². The quantitative estimate of drug-likeness (QED) is 0.591. The van der Waals surface area contributed by atoms with E-state index in [0.29, 0.717) is 17.4 Å². The fraction of sp³-hybridized carbons (Fsp3) is 0.440. The van der Waals surface area contributed by atoms with Crippen molar-refractivity contribution in [2.24, 2.45) is 17.8 Å². The molecule has 176 valence electrons. The lowest BCUT2D eigenvalue weighted by molar-refractivity contribution is -0.137. The van der Waals surface area contributed by atoms with E-state index in [1.807, 2.05) is 6.92 Å². The normalized spacial score (nSPS) is 22.6. The predicted octanol–water partition coefficient (Wildman–Crippen LogP) is 5.28. The molecule has 2 bridgehead atoms. The average molecular weight is 460 g/mol. The van der Waals surface area contributed by atoms with E-state index in [1.54, 1.807) is 24.3 Å². The van der Waals surface area contributed by atoms with Crippen molar-refractivity contribution >= 4 is 17.5 Å². The molecule has 2 amide bonds. The van der Waals surface area contributed by atoms with Gasteiger partial charge >= 0.3 is 6.18 Å². The van der Waals surface area contributed by atoms with Gasteiger partial charge in [-0.15, -0.1) is 0 Å². The first-order valence-electron chi connectivity index (χ1n) is 11.2. The van der Waals surface area contributed by atoms with Crippen LogP contribution >= 0.6 is 0 Å². The Morgan fingerprint density at radius 1 is 1.09 bits per heavy atom. The second-order valence-corrected chi connectivity index (χ2v) is 9.01. The number of ether oxygens (including phenoxy) is 1. The third-order valence-corrected chi connectivity index (χ3v) is 6.76. The Kier molecular flexibility index (Phi) is 6.63. The molecule has 4 atom stereocenters. The maximum Gasteiger partial charge on any atom is 0.416 e. The SMILES string of the molecule is C[C@H](NC(=O)c1ccccc1OCC(=O)Nc1cccc(C(F)(F)F)c1)[C@@H]1C[C@@H]2CC[C@@H]1C2. The number of carbonyl (C=O) groups excluding carboxylic acids is 2. The van der Waals surface area contributed by atoms with Crippen LogP contribution in [0.4, 0.5) is 18.9 Å². The largest absolute Gasteiger partial charge is 0.483 e. The maximum atomic E-state index is 12.9. The van der Waals surface area contributed by atoms with Gasteiger partial charge in [0.1, 0.15) is 5.75 Å². The van der Waals surface area contributed by atoms with Crippen LogP contribution < -0.4 is 15.4 Å². The van der Waals surface area contributed by atoms with Gasteiger partial charge in [-0.3, -0.25) is 9.59 Å². The molecule has 4 rings (SSSR count). The molecule has 0 radical (unpaired) electrons. The molecule has 2 N–H and O–H groups in total. The Morgan fingerprint density at radius 2 is 1.88 bits per heavy atom. The highest BCUT2D eigenvalue weighted by Gasteiger charge is 2.42. The molecule has 33 heavy (non-hydrogen) atoms. The standard InChI is InChI=1S/C25H27F3N2O3/c1-15(21-12-16-9-10-17(21)11-16)29-24(32)20-7-2-3-8-22(20)33-14-23(31)30-19-6-4-5-18(13-19)25(26,27)28/h2-8,13,15-17,21H,9-12,14H2,1H3,(H,29,32)(H,30,31)/t15-,16+,17+,21-/m0/s1. The average Bonchev–Trinajstić information content (AvgIpc) is 3.41. The number of amides is 2. The van der Waals surface area contributed by atoms with Crippen molar-refractivity contribution in [2.45, 2.75) is 44.8 Å². The summed E-state index contributed by atoms with van der Waals surface area (Å²) in [4.78, 5) is 25.1. The minimum atomic E-state index is -4.50. The highest BCUT2D eigenvalue weighted by Crippen LogP contribution is 2.49. The Labute approximate surface area is 190 Å². The second-order valence-electron chi connectivity index (χ2n) is 9.01. The van der Waals surface area contributed by atoms with Crippen LogP contribution in [0.15, 0.2) is 48.5 Å². The van der Waals surface area contributed by atoms with Crippen molar-refractivity contribution in [3.8, 4) is 5.75 Å². The first-order valence-corrected chi connectivity index (χ1v) is 11.2. The van der Waals surface area contributed by atoms with Crippen molar-refractivity contribution in [3.63, 3.8) is 0 Å². The van der Waals surface area contributed by atoms with Gasteiger partial charge in [-0.25, -0.2) is 0 Å². The Morgan fingerprint density at radius 3 is 2.58 bits per heavy atom. The summed E-state index contributed by atoms with van der Waals surface area (Å²) >= 11 is 0. The van der Waals surface area contributed by atoms with Crippen molar-refractivity contribution in [1.82, 2.24) is 5.32 Å². The van der Waals surface area contributed by atoms with E-state index in [1.165, 1.54) is 31.4 Å². The summed E-state index contributed by atoms with van der Waals surface area (Å²) < 4.78 is 44.1. The predicted molar refractivity (Wildman–Crippen MR) is 118 cm³/mol. The zero-order valence-corrected chi connectivity index (χ0v) is 18.3. The molecular weight excluding hydrogens is 433 g/mol. The summed E-state index contributed by atoms with van der Waals surface area (Å²) in [5.74, 6) is 1.30. The van der Waals surface area contributed by atoms with Crippen LogP contribution in [0.3, 0.4) is 0 Å². The number of alkyl halides is 3. The highest BCUT2D eigenvalue weighted by molar-refractivity contribution is 5.97. The highest BCUT2D eigenvalue weighted by atomic mass is 19.4. The van der Waals surface area contributed by atoms with Crippen molar-refractivity contribution in [2.75, 3.05) is 11.9 Å². The fourth-order valence-electron chi connectivity index (χ4n) is 5.19. The molecule has 0 aliphatic heterocycles. The number of hydrogen-bond acceptors (Lipinski definition) is 3. The molecule has 0 heterocycles. The van der Waals surface area contributed by atoms with Crippen LogP contribution in [0.25, 0.3) is 0 Å². The second kappa shape index (κ2) is 9.45. The minimum Gasteiger partial charge on any atom is -0.483 e. The van der Waals surface area contributed by atoms with Gasteiger partial charge in [0.2, 0.25) is 0 Å². The molecular formula is C25H27F3N2O3. The molecule has 0 aromatic heterocycles. The van der Waals surface area contributed by atoms with Crippen LogP contribution in [0.2, 0.25) is 0 Å². The number of fused-ring (bicyclic) bond motifs is 2. The van der Waals surface area contributed by atoms with Crippen LogP contribution in [-0.4, -0.2) is 24.5 Å². The van der Waals surface area contributed by atoms with E-state index in [-0.39, 0.29) is 23.4 Å². The minimum absolute atomic E-state index is 0.0177. The number of hydrogen-bond donors (Lipinski definition) is 2. The first-order chi connectivity index (χ1) is 15.7. The number of halogens is 3. The zero-order chi connectivity index (χ0) is 23.6. The van der Waals surface area contributed by atoms with Gasteiger partial charge in [0, 0.05) is 11.7 Å². The van der Waals surface area contributed by atoms with E-state index in [2.05, 4.69) is 10.6 Å². The van der Waals surface area contributed by atoms with E-state index >= 15 is 0 Å². The number of rotatable bonds is 7. The molecule has 8 heteroatoms. The molecule has 2 aliphatic carbocycles. The Bertz CT molecular complexity index is 1020. The molecule has 2 aliphatic rings. The van der Waals surface area contributed by atoms with Gasteiger partial charge in [0.15, 0.2) is 6.61 Å². The number of nitrogens with one attached hydrogen (secondary N) is 2. The van der Waals surface area contributed by atoms with Gasteiger partial charge in [-0.2, -0.15) is 13.2 Å². The van der Waals surface area contributed by atoms with Gasteiger partial charge in [0.25, 0.3) is 11.8 Å². The number of benzene rings is 2. The number of anilines is 1. The van der Waals surface area contributed by atoms with E-state index in [0.717, 1.165) is 24.5 Å². The fourth-order valence-corrected chi connectivity index (χ4v) is 5.19. The first kappa shape index (κ1) is 23.1. The number of para-hydroxylation sites is 1. The molecule has 2 aromatic rings. The van der Waals surface area contributed by atoms with Gasteiger partial charge in [-0.1, -0.05) is 24.6 Å². The van der Waals surface area contributed by atoms with E-state index < -0.39 is 24.3 Å². The lowest BCUT2D eigenvalue weighted by Gasteiger charge is -2.28. The Hall–Kier alpha value is -3.03. The third kappa shape index (κ3) is 5.49. The smallest absolute Gasteiger partial charge is 0.416 e. The van der Waals surface area contributed by atoms with E-state index in [4.69, 9.17) is 4.74 Å². The van der Waals surface area contributed by atoms with E-state index in [9.17, 15) is 22.8 Å². The molecule has 2 saturated carbocycles. The lowest BCUT2D eigenvalue weighted by atomic mass is 9.84. The summed E-state index contributed by atoms with van der Waals surface area (Å²) in [5.41, 5.74) is -0.517. The van der Waals surface area contributed by atoms with Crippen molar-refractivity contribution in [1.29, 1.82) is 0 Å². The van der Waals surface area contributed by atoms with Crippen molar-refractivity contribution < 1.29 is 27.5 Å². The topological polar surface area (TPSA) is 67.4 Å². The summed E-state index contributed by atoms with van der Waals surface area (Å²) in [5, 5.41) is 5.48. The summed E-state index contributed by atoms with van der Waals surface area (Å²) in [6.07, 6.45) is 0.432. The van der Waals surface area contributed by atoms with Gasteiger partial charge in [-0.05, 0) is 74.3 Å². The molecule has 2 fully saturated rings. The number of carbonyl (C=O) groups is 2. The molecule has 0 spiro atoms. The monoisotopic (exact) mass is 460 g/mol. The molecule has 0 unspecified atom stereocenters. The molecule has 2 aromatic carbocycles. The van der Waals surface area contributed by atoms with Gasteiger partial charge < -0.3 is 15.4 Å². The van der Waals surface area contributed by atoms with Gasteiger partial charge in [0.05, 0.1) is 11.1 Å².